The van der Waals surface area contributed by atoms with Crippen LogP contribution in [0.1, 0.15) is 30.9 Å². The predicted octanol–water partition coefficient (Wildman–Crippen LogP) is 2.03. The minimum absolute atomic E-state index is 0.220. The van der Waals surface area contributed by atoms with Crippen LogP contribution in [0.3, 0.4) is 0 Å². The summed E-state index contributed by atoms with van der Waals surface area (Å²) in [5.41, 5.74) is 1.28. The van der Waals surface area contributed by atoms with E-state index in [1.807, 2.05) is 27.7 Å². The molecule has 1 heterocycles. The Morgan fingerprint density at radius 2 is 2.07 bits per heavy atom. The van der Waals surface area contributed by atoms with Crippen molar-refractivity contribution in [3.63, 3.8) is 0 Å². The van der Waals surface area contributed by atoms with Gasteiger partial charge in [0.05, 0.1) is 18.2 Å². The first-order valence-electron chi connectivity index (χ1n) is 4.88. The molecule has 0 atom stereocenters. The average molecular weight is 211 g/mol. The van der Waals surface area contributed by atoms with Crippen LogP contribution in [0, 0.1) is 19.3 Å². The van der Waals surface area contributed by atoms with Crippen LogP contribution < -0.4 is 0 Å². The topological polar surface area (TPSA) is 52.3 Å². The summed E-state index contributed by atoms with van der Waals surface area (Å²) in [7, 11) is 1.40. The van der Waals surface area contributed by atoms with E-state index in [0.717, 1.165) is 17.0 Å². The molecule has 0 aliphatic heterocycles. The third-order valence-electron chi connectivity index (χ3n) is 2.54. The molecule has 15 heavy (non-hydrogen) atoms. The van der Waals surface area contributed by atoms with Crippen molar-refractivity contribution in [2.24, 2.45) is 5.41 Å². The largest absolute Gasteiger partial charge is 0.469 e. The Hall–Kier alpha value is -1.32. The van der Waals surface area contributed by atoms with Crippen molar-refractivity contribution in [3.8, 4) is 0 Å². The van der Waals surface area contributed by atoms with Gasteiger partial charge in [-0.25, -0.2) is 0 Å². The van der Waals surface area contributed by atoms with Crippen LogP contribution in [0.5, 0.6) is 0 Å². The second kappa shape index (κ2) is 4.04. The van der Waals surface area contributed by atoms with E-state index in [-0.39, 0.29) is 5.97 Å². The van der Waals surface area contributed by atoms with Crippen LogP contribution in [0.15, 0.2) is 4.52 Å². The molecule has 0 radical (unpaired) electrons. The van der Waals surface area contributed by atoms with Crippen LogP contribution in [-0.2, 0) is 16.0 Å². The smallest absolute Gasteiger partial charge is 0.311 e. The van der Waals surface area contributed by atoms with Gasteiger partial charge in [0, 0.05) is 5.56 Å². The SMILES string of the molecule is COC(=O)C(C)(C)Cc1c(C)noc1C. The van der Waals surface area contributed by atoms with E-state index < -0.39 is 5.41 Å². The molecule has 0 aromatic carbocycles. The van der Waals surface area contributed by atoms with Gasteiger partial charge < -0.3 is 9.26 Å². The van der Waals surface area contributed by atoms with Gasteiger partial charge in [0.1, 0.15) is 5.76 Å². The highest BCUT2D eigenvalue weighted by atomic mass is 16.5. The number of hydrogen-bond acceptors (Lipinski definition) is 4. The molecule has 0 amide bonds. The maximum absolute atomic E-state index is 11.5. The molecule has 0 aliphatic rings. The summed E-state index contributed by atoms with van der Waals surface area (Å²) in [6, 6.07) is 0. The lowest BCUT2D eigenvalue weighted by Crippen LogP contribution is -2.28. The maximum Gasteiger partial charge on any atom is 0.311 e. The van der Waals surface area contributed by atoms with E-state index in [1.54, 1.807) is 0 Å². The number of aryl methyl sites for hydroxylation is 2. The van der Waals surface area contributed by atoms with Crippen molar-refractivity contribution in [1.82, 2.24) is 5.16 Å². The predicted molar refractivity (Wildman–Crippen MR) is 55.5 cm³/mol. The normalized spacial score (nSPS) is 11.5. The molecule has 1 aromatic rings. The zero-order valence-corrected chi connectivity index (χ0v) is 9.88. The number of rotatable bonds is 3. The van der Waals surface area contributed by atoms with Gasteiger partial charge in [-0.15, -0.1) is 0 Å². The van der Waals surface area contributed by atoms with Crippen LogP contribution in [-0.4, -0.2) is 18.2 Å². The summed E-state index contributed by atoms with van der Waals surface area (Å²) >= 11 is 0. The van der Waals surface area contributed by atoms with Crippen LogP contribution >= 0.6 is 0 Å². The summed E-state index contributed by atoms with van der Waals surface area (Å²) in [6.07, 6.45) is 0.584. The van der Waals surface area contributed by atoms with E-state index in [2.05, 4.69) is 5.16 Å². The molecule has 0 spiro atoms. The number of aromatic nitrogens is 1. The van der Waals surface area contributed by atoms with Crippen molar-refractivity contribution in [3.05, 3.63) is 17.0 Å². The van der Waals surface area contributed by atoms with E-state index in [4.69, 9.17) is 9.26 Å². The minimum Gasteiger partial charge on any atom is -0.469 e. The highest BCUT2D eigenvalue weighted by molar-refractivity contribution is 5.76. The minimum atomic E-state index is -0.546. The zero-order chi connectivity index (χ0) is 11.6. The van der Waals surface area contributed by atoms with Crippen molar-refractivity contribution >= 4 is 5.97 Å². The van der Waals surface area contributed by atoms with Crippen molar-refractivity contribution in [2.75, 3.05) is 7.11 Å². The number of esters is 1. The standard InChI is InChI=1S/C11H17NO3/c1-7-9(8(2)15-12-7)6-11(3,4)10(13)14-5/h6H2,1-5H3. The Kier molecular flexibility index (Phi) is 3.17. The molecule has 0 N–H and O–H groups in total. The lowest BCUT2D eigenvalue weighted by atomic mass is 9.85. The van der Waals surface area contributed by atoms with Crippen molar-refractivity contribution < 1.29 is 14.1 Å². The molecule has 0 unspecified atom stereocenters. The quantitative estimate of drug-likeness (QED) is 0.718. The summed E-state index contributed by atoms with van der Waals surface area (Å²) < 4.78 is 9.81. The number of methoxy groups -OCH3 is 1. The molecule has 0 bridgehead atoms. The van der Waals surface area contributed by atoms with Gasteiger partial charge in [0.15, 0.2) is 0 Å². The fourth-order valence-corrected chi connectivity index (χ4v) is 1.54. The molecule has 0 saturated heterocycles. The molecule has 4 nitrogen and oxygen atoms in total. The Bertz CT molecular complexity index is 346. The average Bonchev–Trinajstić information content (AvgIpc) is 2.47. The van der Waals surface area contributed by atoms with Gasteiger partial charge in [-0.2, -0.15) is 0 Å². The van der Waals surface area contributed by atoms with Gasteiger partial charge >= 0.3 is 5.97 Å². The third kappa shape index (κ3) is 2.37. The van der Waals surface area contributed by atoms with E-state index in [0.29, 0.717) is 6.42 Å². The van der Waals surface area contributed by atoms with Crippen molar-refractivity contribution in [2.45, 2.75) is 34.1 Å². The monoisotopic (exact) mass is 211 g/mol. The van der Waals surface area contributed by atoms with E-state index in [1.165, 1.54) is 7.11 Å². The third-order valence-corrected chi connectivity index (χ3v) is 2.54. The molecular weight excluding hydrogens is 194 g/mol. The fourth-order valence-electron chi connectivity index (χ4n) is 1.54. The molecular formula is C11H17NO3. The van der Waals surface area contributed by atoms with E-state index in [9.17, 15) is 4.79 Å². The van der Waals surface area contributed by atoms with Crippen molar-refractivity contribution in [1.29, 1.82) is 0 Å². The summed E-state index contributed by atoms with van der Waals surface area (Å²) in [6.45, 7) is 7.43. The van der Waals surface area contributed by atoms with Gasteiger partial charge in [-0.3, -0.25) is 4.79 Å². The fraction of sp³-hybridized carbons (Fsp3) is 0.636. The molecule has 0 fully saturated rings. The van der Waals surface area contributed by atoms with E-state index >= 15 is 0 Å². The molecule has 1 rings (SSSR count). The van der Waals surface area contributed by atoms with Crippen LogP contribution in [0.25, 0.3) is 0 Å². The maximum atomic E-state index is 11.5. The molecule has 0 aliphatic carbocycles. The van der Waals surface area contributed by atoms with Crippen LogP contribution in [0.2, 0.25) is 0 Å². The summed E-state index contributed by atoms with van der Waals surface area (Å²) in [5, 5.41) is 3.86. The van der Waals surface area contributed by atoms with Crippen LogP contribution in [0.4, 0.5) is 0 Å². The molecule has 84 valence electrons. The van der Waals surface area contributed by atoms with Gasteiger partial charge in [-0.1, -0.05) is 5.16 Å². The number of carbonyl (C=O) groups excluding carboxylic acids is 1. The first-order valence-corrected chi connectivity index (χ1v) is 4.88. The Morgan fingerprint density at radius 3 is 2.47 bits per heavy atom. The second-order valence-corrected chi connectivity index (χ2v) is 4.35. The lowest BCUT2D eigenvalue weighted by molar-refractivity contribution is -0.150. The summed E-state index contributed by atoms with van der Waals surface area (Å²) in [4.78, 5) is 11.5. The molecule has 1 aromatic heterocycles. The Balaban J connectivity index is 2.90. The number of hydrogen-bond donors (Lipinski definition) is 0. The first-order chi connectivity index (χ1) is 6.88. The molecule has 4 heteroatoms. The lowest BCUT2D eigenvalue weighted by Gasteiger charge is -2.20. The van der Waals surface area contributed by atoms with Gasteiger partial charge in [0.25, 0.3) is 0 Å². The summed E-state index contributed by atoms with van der Waals surface area (Å²) in [5.74, 6) is 0.548. The second-order valence-electron chi connectivity index (χ2n) is 4.35. The first kappa shape index (κ1) is 11.8. The number of carbonyl (C=O) groups is 1. The number of ether oxygens (including phenoxy) is 1. The molecule has 0 saturated carbocycles. The highest BCUT2D eigenvalue weighted by Crippen LogP contribution is 2.26. The van der Waals surface area contributed by atoms with Gasteiger partial charge in [-0.05, 0) is 34.1 Å². The number of nitrogens with zero attached hydrogens (tertiary/aromatic N) is 1. The Labute approximate surface area is 89.6 Å². The zero-order valence-electron chi connectivity index (χ0n) is 9.88. The highest BCUT2D eigenvalue weighted by Gasteiger charge is 2.31. The van der Waals surface area contributed by atoms with Gasteiger partial charge in [0.2, 0.25) is 0 Å². The Morgan fingerprint density at radius 1 is 1.47 bits per heavy atom.